The monoisotopic (exact) mass is 274 g/mol. The second kappa shape index (κ2) is 4.58. The van der Waals surface area contributed by atoms with Crippen molar-refractivity contribution in [1.82, 2.24) is 10.0 Å². The van der Waals surface area contributed by atoms with Gasteiger partial charge < -0.3 is 10.4 Å². The van der Waals surface area contributed by atoms with Crippen LogP contribution in [-0.4, -0.2) is 38.8 Å². The van der Waals surface area contributed by atoms with Crippen molar-refractivity contribution in [2.45, 2.75) is 17.4 Å². The van der Waals surface area contributed by atoms with Crippen LogP contribution < -0.4 is 10.0 Å². The summed E-state index contributed by atoms with van der Waals surface area (Å²) in [5.41, 5.74) is -0.423. The van der Waals surface area contributed by atoms with Gasteiger partial charge in [-0.2, -0.15) is 0 Å². The van der Waals surface area contributed by atoms with E-state index < -0.39 is 26.3 Å². The summed E-state index contributed by atoms with van der Waals surface area (Å²) in [6.45, 7) is 2.20. The predicted octanol–water partition coefficient (Wildman–Crippen LogP) is -0.253. The molecule has 1 saturated heterocycles. The Morgan fingerprint density at radius 1 is 1.50 bits per heavy atom. The molecular formula is C11H15FN2O3S. The first kappa shape index (κ1) is 13.4. The van der Waals surface area contributed by atoms with Crippen LogP contribution in [0, 0.1) is 12.7 Å². The highest BCUT2D eigenvalue weighted by Gasteiger charge is 2.35. The molecule has 18 heavy (non-hydrogen) atoms. The second-order valence-electron chi connectivity index (χ2n) is 4.59. The molecule has 0 spiro atoms. The third-order valence-corrected chi connectivity index (χ3v) is 4.29. The molecule has 0 atom stereocenters. The predicted molar refractivity (Wildman–Crippen MR) is 64.1 cm³/mol. The van der Waals surface area contributed by atoms with Gasteiger partial charge in [-0.05, 0) is 24.6 Å². The van der Waals surface area contributed by atoms with Crippen molar-refractivity contribution in [3.05, 3.63) is 29.6 Å². The molecule has 2 rings (SSSR count). The van der Waals surface area contributed by atoms with Gasteiger partial charge in [0, 0.05) is 19.6 Å². The lowest BCUT2D eigenvalue weighted by Gasteiger charge is -2.37. The van der Waals surface area contributed by atoms with Gasteiger partial charge >= 0.3 is 0 Å². The fraction of sp³-hybridized carbons (Fsp3) is 0.455. The third-order valence-electron chi connectivity index (χ3n) is 2.88. The largest absolute Gasteiger partial charge is 0.386 e. The van der Waals surface area contributed by atoms with Crippen molar-refractivity contribution in [1.29, 1.82) is 0 Å². The van der Waals surface area contributed by atoms with Crippen LogP contribution in [0.25, 0.3) is 0 Å². The van der Waals surface area contributed by atoms with E-state index in [4.69, 9.17) is 0 Å². The molecular weight excluding hydrogens is 259 g/mol. The minimum absolute atomic E-state index is 0.129. The van der Waals surface area contributed by atoms with Gasteiger partial charge in [0.15, 0.2) is 0 Å². The van der Waals surface area contributed by atoms with E-state index in [-0.39, 0.29) is 6.54 Å². The second-order valence-corrected chi connectivity index (χ2v) is 6.32. The maximum Gasteiger partial charge on any atom is 0.243 e. The van der Waals surface area contributed by atoms with Crippen LogP contribution in [0.2, 0.25) is 0 Å². The molecule has 0 amide bonds. The number of sulfonamides is 1. The molecule has 1 aliphatic heterocycles. The molecule has 1 aromatic rings. The number of β-amino-alcohol motifs (C(OH)–C–C–N with tert-alkyl or cyclic N) is 1. The summed E-state index contributed by atoms with van der Waals surface area (Å²) in [4.78, 5) is -0.390. The van der Waals surface area contributed by atoms with Gasteiger partial charge in [-0.25, -0.2) is 17.5 Å². The van der Waals surface area contributed by atoms with Crippen molar-refractivity contribution in [3.63, 3.8) is 0 Å². The van der Waals surface area contributed by atoms with Crippen LogP contribution in [0.5, 0.6) is 0 Å². The van der Waals surface area contributed by atoms with E-state index >= 15 is 0 Å². The van der Waals surface area contributed by atoms with Crippen LogP contribution in [0.1, 0.15) is 5.56 Å². The molecule has 0 aliphatic carbocycles. The number of hydrogen-bond donors (Lipinski definition) is 3. The van der Waals surface area contributed by atoms with Crippen molar-refractivity contribution < 1.29 is 17.9 Å². The highest BCUT2D eigenvalue weighted by Crippen LogP contribution is 2.17. The van der Waals surface area contributed by atoms with Crippen LogP contribution in [0.4, 0.5) is 4.39 Å². The summed E-state index contributed by atoms with van der Waals surface area (Å²) in [5.74, 6) is -0.799. The summed E-state index contributed by atoms with van der Waals surface area (Å²) in [5, 5.41) is 12.6. The summed E-state index contributed by atoms with van der Waals surface area (Å²) < 4.78 is 39.5. The van der Waals surface area contributed by atoms with Crippen molar-refractivity contribution in [2.24, 2.45) is 0 Å². The van der Waals surface area contributed by atoms with Crippen molar-refractivity contribution in [3.8, 4) is 0 Å². The summed E-state index contributed by atoms with van der Waals surface area (Å²) in [7, 11) is -3.94. The molecule has 1 aliphatic rings. The number of nitrogens with one attached hydrogen (secondary N) is 2. The number of benzene rings is 1. The molecule has 100 valence electrons. The minimum atomic E-state index is -3.94. The van der Waals surface area contributed by atoms with Gasteiger partial charge in [0.1, 0.15) is 16.3 Å². The molecule has 1 aromatic carbocycles. The lowest BCUT2D eigenvalue weighted by atomic mass is 9.98. The zero-order valence-corrected chi connectivity index (χ0v) is 10.7. The molecule has 0 radical (unpaired) electrons. The Morgan fingerprint density at radius 2 is 2.17 bits per heavy atom. The molecule has 1 heterocycles. The normalized spacial score (nSPS) is 18.4. The topological polar surface area (TPSA) is 78.4 Å². The smallest absolute Gasteiger partial charge is 0.243 e. The SMILES string of the molecule is Cc1ccc(F)c(S(=O)(=O)NCC2(O)CNC2)c1. The fourth-order valence-corrected chi connectivity index (χ4v) is 2.94. The molecule has 3 N–H and O–H groups in total. The summed E-state index contributed by atoms with van der Waals surface area (Å²) in [6.07, 6.45) is 0. The van der Waals surface area contributed by atoms with E-state index in [1.807, 2.05) is 0 Å². The number of hydrogen-bond acceptors (Lipinski definition) is 4. The van der Waals surface area contributed by atoms with E-state index in [1.54, 1.807) is 6.92 Å². The third kappa shape index (κ3) is 2.69. The minimum Gasteiger partial charge on any atom is -0.386 e. The zero-order chi connectivity index (χ0) is 13.4. The van der Waals surface area contributed by atoms with Crippen molar-refractivity contribution >= 4 is 10.0 Å². The van der Waals surface area contributed by atoms with Gasteiger partial charge in [0.05, 0.1) is 0 Å². The van der Waals surface area contributed by atoms with Gasteiger partial charge in [0.2, 0.25) is 10.0 Å². The molecule has 1 fully saturated rings. The van der Waals surface area contributed by atoms with Crippen LogP contribution in [0.15, 0.2) is 23.1 Å². The van der Waals surface area contributed by atoms with E-state index in [0.717, 1.165) is 6.07 Å². The Kier molecular flexibility index (Phi) is 3.41. The first-order valence-corrected chi connectivity index (χ1v) is 7.00. The molecule has 0 bridgehead atoms. The molecule has 7 heteroatoms. The number of rotatable bonds is 4. The first-order valence-electron chi connectivity index (χ1n) is 5.51. The lowest BCUT2D eigenvalue weighted by Crippen LogP contribution is -2.64. The van der Waals surface area contributed by atoms with Gasteiger partial charge in [-0.1, -0.05) is 6.07 Å². The fourth-order valence-electron chi connectivity index (χ4n) is 1.66. The number of aliphatic hydroxyl groups is 1. The Bertz CT molecular complexity index is 555. The van der Waals surface area contributed by atoms with E-state index in [1.165, 1.54) is 12.1 Å². The Balaban J connectivity index is 2.17. The zero-order valence-electron chi connectivity index (χ0n) is 9.90. The van der Waals surface area contributed by atoms with Gasteiger partial charge in [-0.3, -0.25) is 0 Å². The maximum atomic E-state index is 13.5. The lowest BCUT2D eigenvalue weighted by molar-refractivity contribution is -0.00398. The average molecular weight is 274 g/mol. The Morgan fingerprint density at radius 3 is 2.72 bits per heavy atom. The molecule has 0 aromatic heterocycles. The maximum absolute atomic E-state index is 13.5. The van der Waals surface area contributed by atoms with E-state index in [2.05, 4.69) is 10.0 Å². The van der Waals surface area contributed by atoms with Crippen LogP contribution in [-0.2, 0) is 10.0 Å². The summed E-state index contributed by atoms with van der Waals surface area (Å²) >= 11 is 0. The van der Waals surface area contributed by atoms with Gasteiger partial charge in [-0.15, -0.1) is 0 Å². The molecule has 0 saturated carbocycles. The quantitative estimate of drug-likeness (QED) is 0.707. The van der Waals surface area contributed by atoms with E-state index in [9.17, 15) is 17.9 Å². The number of aryl methyl sites for hydroxylation is 1. The number of halogens is 1. The Labute approximate surface area is 105 Å². The van der Waals surface area contributed by atoms with Crippen LogP contribution in [0.3, 0.4) is 0 Å². The molecule has 5 nitrogen and oxygen atoms in total. The van der Waals surface area contributed by atoms with Crippen molar-refractivity contribution in [2.75, 3.05) is 19.6 Å². The van der Waals surface area contributed by atoms with Crippen LogP contribution >= 0.6 is 0 Å². The highest BCUT2D eigenvalue weighted by atomic mass is 32.2. The Hall–Kier alpha value is -1.02. The summed E-state index contributed by atoms with van der Waals surface area (Å²) in [6, 6.07) is 3.88. The standard InChI is InChI=1S/C11H15FN2O3S/c1-8-2-3-9(12)10(4-8)18(16,17)14-7-11(15)5-13-6-11/h2-4,13-15H,5-7H2,1H3. The van der Waals surface area contributed by atoms with Gasteiger partial charge in [0.25, 0.3) is 0 Å². The average Bonchev–Trinajstić information content (AvgIpc) is 2.27. The first-order chi connectivity index (χ1) is 8.32. The highest BCUT2D eigenvalue weighted by molar-refractivity contribution is 7.89. The molecule has 0 unspecified atom stereocenters. The van der Waals surface area contributed by atoms with E-state index in [0.29, 0.717) is 18.7 Å².